The molecule has 1 aromatic heterocycles. The number of hydrogen-bond donors (Lipinski definition) is 4. The summed E-state index contributed by atoms with van der Waals surface area (Å²) >= 11 is 0. The number of hydrogen-bond acceptors (Lipinski definition) is 11. The number of carbonyl (C=O) groups is 4. The number of aromatic hydroxyl groups is 2. The van der Waals surface area contributed by atoms with E-state index in [1.54, 1.807) is 13.8 Å². The Bertz CT molecular complexity index is 1450. The first kappa shape index (κ1) is 26.6. The molecule has 0 saturated carbocycles. The smallest absolute Gasteiger partial charge is 0.228 e. The number of ether oxygens (including phenoxy) is 1. The van der Waals surface area contributed by atoms with Gasteiger partial charge in [0.25, 0.3) is 0 Å². The molecule has 4 N–H and O–H groups in total. The maximum absolute atomic E-state index is 13.8. The van der Waals surface area contributed by atoms with Crippen molar-refractivity contribution in [2.24, 2.45) is 0 Å². The Labute approximate surface area is 217 Å². The molecule has 200 valence electrons. The van der Waals surface area contributed by atoms with Gasteiger partial charge in [0.05, 0.1) is 11.1 Å². The number of nitrogens with one attached hydrogen (secondary N) is 2. The number of phenols is 2. The third-order valence-corrected chi connectivity index (χ3v) is 6.73. The molecule has 12 heteroatoms. The highest BCUT2D eigenvalue weighted by atomic mass is 16.5. The topological polar surface area (TPSA) is 181 Å². The fourth-order valence-corrected chi connectivity index (χ4v) is 4.65. The number of rotatable bonds is 8. The fraction of sp³-hybridized carbons (Fsp3) is 0.385. The number of amides is 1. The Morgan fingerprint density at radius 2 is 1.79 bits per heavy atom. The van der Waals surface area contributed by atoms with Gasteiger partial charge in [0, 0.05) is 43.3 Å². The van der Waals surface area contributed by atoms with Crippen molar-refractivity contribution in [2.45, 2.75) is 52.9 Å². The Morgan fingerprint density at radius 3 is 2.42 bits per heavy atom. The number of carbonyl (C=O) groups excluding carboxylic acids is 4. The maximum atomic E-state index is 13.8. The van der Waals surface area contributed by atoms with Crippen LogP contribution in [-0.4, -0.2) is 56.7 Å². The van der Waals surface area contributed by atoms with Crippen molar-refractivity contribution in [2.75, 3.05) is 13.1 Å². The third kappa shape index (κ3) is 4.31. The van der Waals surface area contributed by atoms with Crippen molar-refractivity contribution in [3.05, 3.63) is 51.5 Å². The van der Waals surface area contributed by atoms with Crippen LogP contribution in [0.2, 0.25) is 0 Å². The predicted octanol–water partition coefficient (Wildman–Crippen LogP) is 1.60. The predicted molar refractivity (Wildman–Crippen MR) is 132 cm³/mol. The number of Topliss-reactive ketones (excluding diaryl/α,β-unsaturated/α-hetero) is 2. The van der Waals surface area contributed by atoms with E-state index in [-0.39, 0.29) is 58.3 Å². The van der Waals surface area contributed by atoms with Gasteiger partial charge >= 0.3 is 0 Å². The molecule has 12 nitrogen and oxygen atoms in total. The molecular weight excluding hydrogens is 496 g/mol. The molecule has 4 rings (SSSR count). The monoisotopic (exact) mass is 524 g/mol. The minimum Gasteiger partial charge on any atom is -0.507 e. The lowest BCUT2D eigenvalue weighted by molar-refractivity contribution is -0.124. The van der Waals surface area contributed by atoms with E-state index in [0.717, 1.165) is 6.08 Å². The van der Waals surface area contributed by atoms with Crippen LogP contribution in [0.3, 0.4) is 0 Å². The van der Waals surface area contributed by atoms with Crippen LogP contribution >= 0.6 is 0 Å². The summed E-state index contributed by atoms with van der Waals surface area (Å²) in [5.41, 5.74) is -1.64. The van der Waals surface area contributed by atoms with E-state index >= 15 is 0 Å². The lowest BCUT2D eigenvalue weighted by Crippen LogP contribution is -2.41. The van der Waals surface area contributed by atoms with Crippen molar-refractivity contribution in [1.29, 1.82) is 0 Å². The zero-order chi connectivity index (χ0) is 27.9. The standard InChI is InChI=1S/C26H28N4O8/c1-11-22(34)20(13(3)31)24-21(23(11)35)26(5)16(37-24)10-15(32)19(25(26)36)12(2)27-8-6-17(33)28-9-7-18-29-14(4)30-38-18/h10,27,34-35H,6-9H2,1-5H3,(H,28,33). The first-order valence-corrected chi connectivity index (χ1v) is 12.0. The van der Waals surface area contributed by atoms with Gasteiger partial charge in [-0.25, -0.2) is 0 Å². The largest absolute Gasteiger partial charge is 0.507 e. The molecule has 2 aromatic rings. The van der Waals surface area contributed by atoms with Crippen LogP contribution in [-0.2, 0) is 26.2 Å². The number of fused-ring (bicyclic) bond motifs is 3. The van der Waals surface area contributed by atoms with Gasteiger partial charge in [-0.15, -0.1) is 0 Å². The number of aromatic nitrogens is 2. The Balaban J connectivity index is 1.52. The molecule has 0 spiro atoms. The number of ketones is 3. The summed E-state index contributed by atoms with van der Waals surface area (Å²) in [6.07, 6.45) is 1.60. The molecule has 1 atom stereocenters. The number of allylic oxidation sites excluding steroid dienone is 4. The Hall–Kier alpha value is -4.48. The van der Waals surface area contributed by atoms with Crippen LogP contribution in [0.15, 0.2) is 27.6 Å². The molecule has 1 unspecified atom stereocenters. The first-order chi connectivity index (χ1) is 17.9. The lowest BCUT2D eigenvalue weighted by atomic mass is 9.70. The van der Waals surface area contributed by atoms with Crippen LogP contribution in [0.25, 0.3) is 0 Å². The molecule has 38 heavy (non-hydrogen) atoms. The second-order valence-corrected chi connectivity index (χ2v) is 9.40. The van der Waals surface area contributed by atoms with Crippen LogP contribution in [0.5, 0.6) is 17.2 Å². The Kier molecular flexibility index (Phi) is 6.83. The van der Waals surface area contributed by atoms with Crippen molar-refractivity contribution in [1.82, 2.24) is 20.8 Å². The summed E-state index contributed by atoms with van der Waals surface area (Å²) in [5, 5.41) is 30.7. The summed E-state index contributed by atoms with van der Waals surface area (Å²) in [6.45, 7) is 7.83. The summed E-state index contributed by atoms with van der Waals surface area (Å²) in [4.78, 5) is 55.2. The van der Waals surface area contributed by atoms with Gasteiger partial charge < -0.3 is 30.1 Å². The van der Waals surface area contributed by atoms with Gasteiger partial charge in [0.2, 0.25) is 11.8 Å². The molecule has 1 amide bonds. The molecular formula is C26H28N4O8. The second-order valence-electron chi connectivity index (χ2n) is 9.40. The molecule has 0 radical (unpaired) electrons. The van der Waals surface area contributed by atoms with E-state index in [0.29, 0.717) is 24.7 Å². The summed E-state index contributed by atoms with van der Waals surface area (Å²) < 4.78 is 10.7. The summed E-state index contributed by atoms with van der Waals surface area (Å²) in [5.74, 6) is -2.15. The van der Waals surface area contributed by atoms with Crippen molar-refractivity contribution < 1.29 is 38.7 Å². The van der Waals surface area contributed by atoms with Crippen LogP contribution < -0.4 is 15.4 Å². The average Bonchev–Trinajstić information content (AvgIpc) is 3.38. The van der Waals surface area contributed by atoms with E-state index in [4.69, 9.17) is 9.26 Å². The average molecular weight is 525 g/mol. The van der Waals surface area contributed by atoms with E-state index < -0.39 is 34.3 Å². The quantitative estimate of drug-likeness (QED) is 0.224. The highest BCUT2D eigenvalue weighted by molar-refractivity contribution is 6.31. The van der Waals surface area contributed by atoms with Crippen molar-refractivity contribution in [3.8, 4) is 17.2 Å². The van der Waals surface area contributed by atoms with Crippen LogP contribution in [0.1, 0.15) is 60.4 Å². The molecule has 0 fully saturated rings. The minimum atomic E-state index is -1.60. The SMILES string of the molecule is CC(=O)c1c(O)c(C)c(O)c2c1OC1=CC(=O)C(=C(C)NCCC(=O)NCCc3nc(C)no3)C(=O)C12C. The number of phenolic OH excluding ortho intramolecular Hbond substituents is 2. The number of benzene rings is 1. The van der Waals surface area contributed by atoms with Gasteiger partial charge in [-0.2, -0.15) is 4.98 Å². The lowest BCUT2D eigenvalue weighted by Gasteiger charge is -2.29. The van der Waals surface area contributed by atoms with Crippen LogP contribution in [0.4, 0.5) is 0 Å². The normalized spacial score (nSPS) is 19.3. The maximum Gasteiger partial charge on any atom is 0.228 e. The van der Waals surface area contributed by atoms with E-state index in [1.165, 1.54) is 20.8 Å². The number of aryl methyl sites for hydroxylation is 1. The Morgan fingerprint density at radius 1 is 1.08 bits per heavy atom. The van der Waals surface area contributed by atoms with E-state index in [1.807, 2.05) is 0 Å². The molecule has 1 aliphatic carbocycles. The first-order valence-electron chi connectivity index (χ1n) is 12.0. The molecule has 2 heterocycles. The highest BCUT2D eigenvalue weighted by Gasteiger charge is 2.56. The van der Waals surface area contributed by atoms with Crippen molar-refractivity contribution in [3.63, 3.8) is 0 Å². The van der Waals surface area contributed by atoms with Gasteiger partial charge in [0.1, 0.15) is 34.0 Å². The summed E-state index contributed by atoms with van der Waals surface area (Å²) in [7, 11) is 0. The van der Waals surface area contributed by atoms with E-state index in [2.05, 4.69) is 20.8 Å². The van der Waals surface area contributed by atoms with Gasteiger partial charge in [-0.1, -0.05) is 5.16 Å². The fourth-order valence-electron chi connectivity index (χ4n) is 4.65. The van der Waals surface area contributed by atoms with Crippen LogP contribution in [0, 0.1) is 13.8 Å². The molecule has 2 aliphatic rings. The van der Waals surface area contributed by atoms with Crippen molar-refractivity contribution >= 4 is 23.3 Å². The van der Waals surface area contributed by atoms with Gasteiger partial charge in [-0.3, -0.25) is 19.2 Å². The molecule has 1 aromatic carbocycles. The van der Waals surface area contributed by atoms with E-state index in [9.17, 15) is 29.4 Å². The third-order valence-electron chi connectivity index (χ3n) is 6.73. The molecule has 0 bridgehead atoms. The zero-order valence-electron chi connectivity index (χ0n) is 21.6. The van der Waals surface area contributed by atoms with Gasteiger partial charge in [0.15, 0.2) is 23.2 Å². The molecule has 0 saturated heterocycles. The molecule has 1 aliphatic heterocycles. The minimum absolute atomic E-state index is 0.0165. The highest BCUT2D eigenvalue weighted by Crippen LogP contribution is 2.57. The van der Waals surface area contributed by atoms with Gasteiger partial charge in [-0.05, 0) is 34.6 Å². The summed E-state index contributed by atoms with van der Waals surface area (Å²) in [6, 6.07) is 0. The second kappa shape index (κ2) is 9.77. The number of nitrogens with zero attached hydrogens (tertiary/aromatic N) is 2. The zero-order valence-corrected chi connectivity index (χ0v) is 21.6.